The molecule has 2 aromatic carbocycles. The number of guanidine groups is 1. The number of primary amides is 1. The van der Waals surface area contributed by atoms with E-state index in [0.717, 1.165) is 31.2 Å². The van der Waals surface area contributed by atoms with Crippen molar-refractivity contribution in [1.82, 2.24) is 10.2 Å². The first-order chi connectivity index (χ1) is 13.6. The average Bonchev–Trinajstić information content (AvgIpc) is 2.72. The number of amides is 1. The van der Waals surface area contributed by atoms with Crippen molar-refractivity contribution in [2.45, 2.75) is 26.5 Å². The van der Waals surface area contributed by atoms with Gasteiger partial charge in [0, 0.05) is 18.7 Å². The fraction of sp³-hybridized carbons (Fsp3) is 0.364. The lowest BCUT2D eigenvalue weighted by Crippen LogP contribution is -2.48. The van der Waals surface area contributed by atoms with Crippen molar-refractivity contribution in [2.75, 3.05) is 26.2 Å². The van der Waals surface area contributed by atoms with Gasteiger partial charge in [0.05, 0.1) is 19.7 Å². The summed E-state index contributed by atoms with van der Waals surface area (Å²) in [6.45, 7) is 7.63. The highest BCUT2D eigenvalue weighted by Gasteiger charge is 2.25. The van der Waals surface area contributed by atoms with Crippen LogP contribution in [0.5, 0.6) is 0 Å². The molecule has 0 bridgehead atoms. The standard InChI is InChI=1S/C22H28N4O2/c1-3-24-22(25-14-17-8-6-9-18(13-17)21(23)27)26-11-12-28-20(15-26)19-10-5-4-7-16(19)2/h4-10,13,20H,3,11-12,14-15H2,1-2H3,(H2,23,27)(H,24,25). The maximum atomic E-state index is 11.4. The van der Waals surface area contributed by atoms with Gasteiger partial charge < -0.3 is 20.7 Å². The van der Waals surface area contributed by atoms with Crippen molar-refractivity contribution in [3.05, 3.63) is 70.8 Å². The van der Waals surface area contributed by atoms with Gasteiger partial charge in [0.25, 0.3) is 0 Å². The Balaban J connectivity index is 1.75. The highest BCUT2D eigenvalue weighted by Crippen LogP contribution is 2.25. The molecule has 1 atom stereocenters. The summed E-state index contributed by atoms with van der Waals surface area (Å²) in [6, 6.07) is 15.6. The molecular formula is C22H28N4O2. The number of benzene rings is 2. The van der Waals surface area contributed by atoms with E-state index < -0.39 is 5.91 Å². The molecule has 3 rings (SSSR count). The van der Waals surface area contributed by atoms with Crippen LogP contribution < -0.4 is 11.1 Å². The second kappa shape index (κ2) is 9.37. The van der Waals surface area contributed by atoms with Crippen LogP contribution in [0.1, 0.15) is 40.1 Å². The third-order valence-electron chi connectivity index (χ3n) is 4.86. The van der Waals surface area contributed by atoms with E-state index in [1.807, 2.05) is 18.2 Å². The number of hydrogen-bond donors (Lipinski definition) is 2. The number of nitrogens with zero attached hydrogens (tertiary/aromatic N) is 2. The number of nitrogens with one attached hydrogen (secondary N) is 1. The largest absolute Gasteiger partial charge is 0.370 e. The normalized spacial score (nSPS) is 17.4. The number of morpholine rings is 1. The van der Waals surface area contributed by atoms with Crippen molar-refractivity contribution in [3.63, 3.8) is 0 Å². The molecule has 0 radical (unpaired) electrons. The topological polar surface area (TPSA) is 79.9 Å². The zero-order chi connectivity index (χ0) is 19.9. The summed E-state index contributed by atoms with van der Waals surface area (Å²) < 4.78 is 6.03. The molecule has 28 heavy (non-hydrogen) atoms. The summed E-state index contributed by atoms with van der Waals surface area (Å²) in [6.07, 6.45) is 0.0250. The van der Waals surface area contributed by atoms with E-state index in [2.05, 4.69) is 42.3 Å². The van der Waals surface area contributed by atoms with E-state index in [1.165, 1.54) is 11.1 Å². The Hall–Kier alpha value is -2.86. The zero-order valence-electron chi connectivity index (χ0n) is 16.5. The Bertz CT molecular complexity index is 850. The third-order valence-corrected chi connectivity index (χ3v) is 4.86. The van der Waals surface area contributed by atoms with Crippen LogP contribution in [0.4, 0.5) is 0 Å². The van der Waals surface area contributed by atoms with Gasteiger partial charge in [0.15, 0.2) is 5.96 Å². The lowest BCUT2D eigenvalue weighted by molar-refractivity contribution is -0.00834. The lowest BCUT2D eigenvalue weighted by Gasteiger charge is -2.35. The van der Waals surface area contributed by atoms with E-state index in [4.69, 9.17) is 15.5 Å². The van der Waals surface area contributed by atoms with Gasteiger partial charge in [0.2, 0.25) is 5.91 Å². The van der Waals surface area contributed by atoms with Crippen molar-refractivity contribution < 1.29 is 9.53 Å². The molecule has 6 nitrogen and oxygen atoms in total. The van der Waals surface area contributed by atoms with Crippen LogP contribution in [0.25, 0.3) is 0 Å². The molecule has 0 saturated carbocycles. The van der Waals surface area contributed by atoms with E-state index in [1.54, 1.807) is 12.1 Å². The first kappa shape index (κ1) is 19.9. The molecule has 1 fully saturated rings. The van der Waals surface area contributed by atoms with Crippen LogP contribution in [-0.4, -0.2) is 43.0 Å². The second-order valence-electron chi connectivity index (χ2n) is 6.90. The Kier molecular flexibility index (Phi) is 6.66. The van der Waals surface area contributed by atoms with Gasteiger partial charge in [-0.25, -0.2) is 4.99 Å². The molecule has 1 saturated heterocycles. The van der Waals surface area contributed by atoms with Crippen LogP contribution in [0, 0.1) is 6.92 Å². The number of aryl methyl sites for hydroxylation is 1. The number of hydrogen-bond acceptors (Lipinski definition) is 3. The molecule has 1 aliphatic heterocycles. The smallest absolute Gasteiger partial charge is 0.248 e. The molecule has 3 N–H and O–H groups in total. The van der Waals surface area contributed by atoms with Crippen LogP contribution in [-0.2, 0) is 11.3 Å². The van der Waals surface area contributed by atoms with Crippen LogP contribution in [0.2, 0.25) is 0 Å². The molecule has 0 aromatic heterocycles. The van der Waals surface area contributed by atoms with Gasteiger partial charge >= 0.3 is 0 Å². The molecular weight excluding hydrogens is 352 g/mol. The predicted octanol–water partition coefficient (Wildman–Crippen LogP) is 2.63. The lowest BCUT2D eigenvalue weighted by atomic mass is 10.0. The number of ether oxygens (including phenoxy) is 1. The Morgan fingerprint density at radius 1 is 1.29 bits per heavy atom. The van der Waals surface area contributed by atoms with Gasteiger partial charge in [-0.2, -0.15) is 0 Å². The first-order valence-corrected chi connectivity index (χ1v) is 9.67. The highest BCUT2D eigenvalue weighted by molar-refractivity contribution is 5.92. The summed E-state index contributed by atoms with van der Waals surface area (Å²) >= 11 is 0. The number of carbonyl (C=O) groups excluding carboxylic acids is 1. The third kappa shape index (κ3) is 4.89. The average molecular weight is 380 g/mol. The molecule has 2 aromatic rings. The predicted molar refractivity (Wildman–Crippen MR) is 111 cm³/mol. The van der Waals surface area contributed by atoms with Crippen molar-refractivity contribution >= 4 is 11.9 Å². The van der Waals surface area contributed by atoms with Gasteiger partial charge in [-0.1, -0.05) is 36.4 Å². The molecule has 0 aliphatic carbocycles. The van der Waals surface area contributed by atoms with E-state index in [0.29, 0.717) is 18.7 Å². The van der Waals surface area contributed by atoms with Crippen molar-refractivity contribution in [1.29, 1.82) is 0 Å². The van der Waals surface area contributed by atoms with Gasteiger partial charge in [-0.05, 0) is 42.7 Å². The number of carbonyl (C=O) groups is 1. The van der Waals surface area contributed by atoms with Crippen LogP contribution >= 0.6 is 0 Å². The summed E-state index contributed by atoms with van der Waals surface area (Å²) in [5, 5.41) is 3.38. The quantitative estimate of drug-likeness (QED) is 0.617. The number of rotatable bonds is 5. The monoisotopic (exact) mass is 380 g/mol. The van der Waals surface area contributed by atoms with Crippen molar-refractivity contribution in [3.8, 4) is 0 Å². The molecule has 1 heterocycles. The van der Waals surface area contributed by atoms with Gasteiger partial charge in [-0.15, -0.1) is 0 Å². The number of nitrogens with two attached hydrogens (primary N) is 1. The fourth-order valence-electron chi connectivity index (χ4n) is 3.39. The Labute approximate surface area is 166 Å². The summed E-state index contributed by atoms with van der Waals surface area (Å²) in [5.41, 5.74) is 9.29. The Morgan fingerprint density at radius 2 is 2.11 bits per heavy atom. The summed E-state index contributed by atoms with van der Waals surface area (Å²) in [7, 11) is 0. The zero-order valence-corrected chi connectivity index (χ0v) is 16.5. The van der Waals surface area contributed by atoms with E-state index >= 15 is 0 Å². The van der Waals surface area contributed by atoms with E-state index in [9.17, 15) is 4.79 Å². The maximum Gasteiger partial charge on any atom is 0.248 e. The highest BCUT2D eigenvalue weighted by atomic mass is 16.5. The minimum atomic E-state index is -0.424. The maximum absolute atomic E-state index is 11.4. The SMILES string of the molecule is CCNC(=NCc1cccc(C(N)=O)c1)N1CCOC(c2ccccc2C)C1. The summed E-state index contributed by atoms with van der Waals surface area (Å²) in [5.74, 6) is 0.431. The molecule has 1 aliphatic rings. The molecule has 0 spiro atoms. The van der Waals surface area contributed by atoms with Crippen molar-refractivity contribution in [2.24, 2.45) is 10.7 Å². The molecule has 6 heteroatoms. The summed E-state index contributed by atoms with van der Waals surface area (Å²) in [4.78, 5) is 18.4. The minimum Gasteiger partial charge on any atom is -0.370 e. The van der Waals surface area contributed by atoms with E-state index in [-0.39, 0.29) is 6.10 Å². The Morgan fingerprint density at radius 3 is 2.86 bits per heavy atom. The molecule has 1 unspecified atom stereocenters. The second-order valence-corrected chi connectivity index (χ2v) is 6.90. The van der Waals surface area contributed by atoms with Crippen LogP contribution in [0.15, 0.2) is 53.5 Å². The van der Waals surface area contributed by atoms with Gasteiger partial charge in [-0.3, -0.25) is 4.79 Å². The first-order valence-electron chi connectivity index (χ1n) is 9.67. The van der Waals surface area contributed by atoms with Crippen LogP contribution in [0.3, 0.4) is 0 Å². The minimum absolute atomic E-state index is 0.0250. The fourth-order valence-corrected chi connectivity index (χ4v) is 3.39. The molecule has 1 amide bonds. The molecule has 148 valence electrons. The number of aliphatic imine (C=N–C) groups is 1. The van der Waals surface area contributed by atoms with Gasteiger partial charge in [0.1, 0.15) is 6.10 Å².